The van der Waals surface area contributed by atoms with Gasteiger partial charge in [-0.2, -0.15) is 0 Å². The molecule has 1 aliphatic heterocycles. The van der Waals surface area contributed by atoms with E-state index in [1.165, 1.54) is 0 Å². The predicted octanol–water partition coefficient (Wildman–Crippen LogP) is 2.87. The van der Waals surface area contributed by atoms with Crippen molar-refractivity contribution in [3.63, 3.8) is 0 Å². The summed E-state index contributed by atoms with van der Waals surface area (Å²) in [5, 5.41) is 0.671. The maximum absolute atomic E-state index is 11.3. The molecule has 0 N–H and O–H groups in total. The van der Waals surface area contributed by atoms with Crippen LogP contribution in [0.25, 0.3) is 22.2 Å². The lowest BCUT2D eigenvalue weighted by Gasteiger charge is -2.32. The number of halogens is 1. The van der Waals surface area contributed by atoms with Gasteiger partial charge in [-0.15, -0.1) is 0 Å². The first-order valence-corrected chi connectivity index (χ1v) is 8.29. The number of benzene rings is 1. The zero-order valence-electron chi connectivity index (χ0n) is 13.3. The second kappa shape index (κ2) is 6.74. The summed E-state index contributed by atoms with van der Waals surface area (Å²) in [7, 11) is 0. The topological polar surface area (TPSA) is 68.2 Å². The number of rotatable bonds is 3. The highest BCUT2D eigenvalue weighted by atomic mass is 35.5. The van der Waals surface area contributed by atoms with Gasteiger partial charge in [-0.1, -0.05) is 23.7 Å². The van der Waals surface area contributed by atoms with Crippen LogP contribution in [0.2, 0.25) is 5.02 Å². The van der Waals surface area contributed by atoms with Crippen LogP contribution in [0.3, 0.4) is 0 Å². The molecule has 4 rings (SSSR count). The first-order chi connectivity index (χ1) is 12.3. The minimum Gasteiger partial charge on any atom is -0.377 e. The second-order valence-corrected chi connectivity index (χ2v) is 6.23. The average molecular weight is 355 g/mol. The predicted molar refractivity (Wildman–Crippen MR) is 94.1 cm³/mol. The van der Waals surface area contributed by atoms with E-state index < -0.39 is 0 Å². The van der Waals surface area contributed by atoms with Crippen molar-refractivity contribution in [2.24, 2.45) is 0 Å². The number of carbonyl (C=O) groups excluding carboxylic acids is 1. The van der Waals surface area contributed by atoms with Gasteiger partial charge in [-0.3, -0.25) is 14.8 Å². The SMILES string of the molecule is O=CN1CCOCC1c1cnc2cncc(-c3ccc(Cl)cc3)c2n1. The van der Waals surface area contributed by atoms with E-state index in [4.69, 9.17) is 21.3 Å². The molecule has 126 valence electrons. The van der Waals surface area contributed by atoms with Crippen LogP contribution in [-0.2, 0) is 9.53 Å². The largest absolute Gasteiger partial charge is 0.377 e. The summed E-state index contributed by atoms with van der Waals surface area (Å²) in [5.74, 6) is 0. The molecule has 3 aromatic rings. The molecule has 1 aliphatic rings. The van der Waals surface area contributed by atoms with Gasteiger partial charge < -0.3 is 9.64 Å². The maximum atomic E-state index is 11.3. The fraction of sp³-hybridized carbons (Fsp3) is 0.222. The number of morpholine rings is 1. The molecule has 3 heterocycles. The van der Waals surface area contributed by atoms with E-state index in [1.807, 2.05) is 24.3 Å². The molecule has 25 heavy (non-hydrogen) atoms. The van der Waals surface area contributed by atoms with Crippen LogP contribution in [0.5, 0.6) is 0 Å². The first-order valence-electron chi connectivity index (χ1n) is 7.91. The van der Waals surface area contributed by atoms with Crippen LogP contribution < -0.4 is 0 Å². The Balaban J connectivity index is 1.82. The number of fused-ring (bicyclic) bond motifs is 1. The summed E-state index contributed by atoms with van der Waals surface area (Å²) in [6.07, 6.45) is 5.97. The third kappa shape index (κ3) is 3.06. The Morgan fingerprint density at radius 3 is 2.84 bits per heavy atom. The van der Waals surface area contributed by atoms with Gasteiger partial charge in [0.2, 0.25) is 6.41 Å². The summed E-state index contributed by atoms with van der Waals surface area (Å²) < 4.78 is 5.51. The standard InChI is InChI=1S/C18H15ClN4O2/c19-13-3-1-12(2-4-13)14-7-20-8-16-18(14)22-15(9-21-16)17-10-25-6-5-23(17)11-24/h1-4,7-9,11,17H,5-6,10H2. The van der Waals surface area contributed by atoms with Crippen molar-refractivity contribution in [3.05, 3.63) is 53.6 Å². The quantitative estimate of drug-likeness (QED) is 0.676. The lowest BCUT2D eigenvalue weighted by molar-refractivity contribution is -0.126. The number of carbonyl (C=O) groups is 1. The third-order valence-corrected chi connectivity index (χ3v) is 4.53. The minimum atomic E-state index is -0.227. The molecule has 1 fully saturated rings. The summed E-state index contributed by atoms with van der Waals surface area (Å²) >= 11 is 5.98. The van der Waals surface area contributed by atoms with Crippen molar-refractivity contribution in [2.75, 3.05) is 19.8 Å². The number of nitrogens with zero attached hydrogens (tertiary/aromatic N) is 4. The average Bonchev–Trinajstić information content (AvgIpc) is 2.68. The Morgan fingerprint density at radius 1 is 1.20 bits per heavy atom. The van der Waals surface area contributed by atoms with Gasteiger partial charge in [-0.05, 0) is 17.7 Å². The fourth-order valence-corrected chi connectivity index (χ4v) is 3.07. The molecule has 0 radical (unpaired) electrons. The zero-order chi connectivity index (χ0) is 17.2. The molecule has 0 saturated carbocycles. The van der Waals surface area contributed by atoms with Crippen molar-refractivity contribution in [2.45, 2.75) is 6.04 Å². The van der Waals surface area contributed by atoms with Crippen LogP contribution in [-0.4, -0.2) is 46.0 Å². The Morgan fingerprint density at radius 2 is 2.04 bits per heavy atom. The van der Waals surface area contributed by atoms with Crippen LogP contribution in [0, 0.1) is 0 Å². The Bertz CT molecular complexity index is 917. The maximum Gasteiger partial charge on any atom is 0.210 e. The van der Waals surface area contributed by atoms with Gasteiger partial charge in [0, 0.05) is 23.3 Å². The van der Waals surface area contributed by atoms with Crippen LogP contribution >= 0.6 is 11.6 Å². The molecule has 2 aromatic heterocycles. The summed E-state index contributed by atoms with van der Waals surface area (Å²) in [6, 6.07) is 7.28. The monoisotopic (exact) mass is 354 g/mol. The second-order valence-electron chi connectivity index (χ2n) is 5.79. The van der Waals surface area contributed by atoms with Crippen LogP contribution in [0.1, 0.15) is 11.7 Å². The van der Waals surface area contributed by atoms with Gasteiger partial charge in [0.25, 0.3) is 0 Å². The number of aromatic nitrogens is 3. The fourth-order valence-electron chi connectivity index (χ4n) is 2.95. The molecule has 6 nitrogen and oxygen atoms in total. The molecule has 1 atom stereocenters. The van der Waals surface area contributed by atoms with Gasteiger partial charge in [-0.25, -0.2) is 4.98 Å². The Kier molecular flexibility index (Phi) is 4.29. The Labute approximate surface area is 149 Å². The first kappa shape index (κ1) is 15.9. The number of hydrogen-bond donors (Lipinski definition) is 0. The van der Waals surface area contributed by atoms with E-state index in [1.54, 1.807) is 23.5 Å². The van der Waals surface area contributed by atoms with E-state index in [0.717, 1.165) is 23.1 Å². The highest BCUT2D eigenvalue weighted by molar-refractivity contribution is 6.30. The van der Waals surface area contributed by atoms with Crippen molar-refractivity contribution in [1.29, 1.82) is 0 Å². The zero-order valence-corrected chi connectivity index (χ0v) is 14.1. The van der Waals surface area contributed by atoms with Crippen molar-refractivity contribution in [1.82, 2.24) is 19.9 Å². The van der Waals surface area contributed by atoms with E-state index in [2.05, 4.69) is 9.97 Å². The minimum absolute atomic E-state index is 0.227. The normalized spacial score (nSPS) is 17.6. The lowest BCUT2D eigenvalue weighted by atomic mass is 10.1. The number of pyridine rings is 1. The number of amides is 1. The van der Waals surface area contributed by atoms with E-state index in [9.17, 15) is 4.79 Å². The van der Waals surface area contributed by atoms with Gasteiger partial charge in [0.15, 0.2) is 0 Å². The van der Waals surface area contributed by atoms with Crippen LogP contribution in [0.15, 0.2) is 42.9 Å². The number of ether oxygens (including phenoxy) is 1. The molecule has 0 bridgehead atoms. The molecule has 1 unspecified atom stereocenters. The number of hydrogen-bond acceptors (Lipinski definition) is 5. The molecule has 7 heteroatoms. The highest BCUT2D eigenvalue weighted by Crippen LogP contribution is 2.29. The van der Waals surface area contributed by atoms with Gasteiger partial charge >= 0.3 is 0 Å². The summed E-state index contributed by atoms with van der Waals surface area (Å²) in [6.45, 7) is 1.50. The highest BCUT2D eigenvalue weighted by Gasteiger charge is 2.25. The molecule has 1 saturated heterocycles. The molecular formula is C18H15ClN4O2. The van der Waals surface area contributed by atoms with E-state index >= 15 is 0 Å². The van der Waals surface area contributed by atoms with Crippen molar-refractivity contribution < 1.29 is 9.53 Å². The van der Waals surface area contributed by atoms with Crippen LogP contribution in [0.4, 0.5) is 0 Å². The third-order valence-electron chi connectivity index (χ3n) is 4.28. The van der Waals surface area contributed by atoms with Gasteiger partial charge in [0.05, 0.1) is 37.3 Å². The molecule has 0 spiro atoms. The molecule has 1 aromatic carbocycles. The smallest absolute Gasteiger partial charge is 0.210 e. The Hall–Kier alpha value is -2.57. The molecule has 0 aliphatic carbocycles. The summed E-state index contributed by atoms with van der Waals surface area (Å²) in [5.41, 5.74) is 3.98. The van der Waals surface area contributed by atoms with Crippen molar-refractivity contribution >= 4 is 29.0 Å². The molecule has 1 amide bonds. The van der Waals surface area contributed by atoms with E-state index in [0.29, 0.717) is 36.0 Å². The van der Waals surface area contributed by atoms with E-state index in [-0.39, 0.29) is 6.04 Å². The van der Waals surface area contributed by atoms with Crippen molar-refractivity contribution in [3.8, 4) is 11.1 Å². The summed E-state index contributed by atoms with van der Waals surface area (Å²) in [4.78, 5) is 26.5. The molecular weight excluding hydrogens is 340 g/mol. The lowest BCUT2D eigenvalue weighted by Crippen LogP contribution is -2.38. The van der Waals surface area contributed by atoms with Gasteiger partial charge in [0.1, 0.15) is 11.0 Å².